The monoisotopic (exact) mass is 1040 g/mol. The van der Waals surface area contributed by atoms with Gasteiger partial charge in [-0.1, -0.05) is 143 Å². The molecule has 3 unspecified atom stereocenters. The number of anilines is 3. The average molecular weight is 1040 g/mol. The molecule has 6 aromatic rings. The minimum absolute atomic E-state index is 0.0661. The molecule has 6 N–H and O–H groups in total. The summed E-state index contributed by atoms with van der Waals surface area (Å²) >= 11 is 3.68. The van der Waals surface area contributed by atoms with E-state index in [9.17, 15) is 29.7 Å². The number of halogens is 1. The lowest BCUT2D eigenvalue weighted by Gasteiger charge is -2.39. The maximum Gasteiger partial charge on any atom is 0.239 e. The summed E-state index contributed by atoms with van der Waals surface area (Å²) in [6.45, 7) is 6.14. The van der Waals surface area contributed by atoms with Gasteiger partial charge in [0, 0.05) is 15.8 Å². The highest BCUT2D eigenvalue weighted by Gasteiger charge is 2.56. The number of nitrogens with one attached hydrogen (secondary N) is 3. The van der Waals surface area contributed by atoms with E-state index < -0.39 is 16.2 Å². The first-order valence-electron chi connectivity index (χ1n) is 26.7. The van der Waals surface area contributed by atoms with E-state index >= 15 is 0 Å². The second-order valence-corrected chi connectivity index (χ2v) is 22.3. The lowest BCUT2D eigenvalue weighted by molar-refractivity contribution is -0.122. The van der Waals surface area contributed by atoms with Crippen LogP contribution in [0.5, 0.6) is 17.2 Å². The van der Waals surface area contributed by atoms with Crippen LogP contribution >= 0.6 is 15.9 Å². The lowest BCUT2D eigenvalue weighted by atomic mass is 9.62. The number of rotatable bonds is 6. The standard InChI is InChI=1S/C22H24BrNO2.C21H23NO2.C20H21NO2/c1-14-8-13-18-20(19(14)23)24-21(26)22(18,15-6-4-2-3-5-7-15)16-9-11-17(25)12-10-16;1-14-6-5-9-18-19(14)22-20(24)21(18,15-7-3-2-4-8-15)16-10-12-17(23)13-11-16;1-13-5-4-8-17-18(13)21-19(23)20(17,14-6-2-3-7-14)15-9-11-16(22)12-10-15/h8-13,15,25H,2-7H2,1H3,(H,24,26);5-6,9-13,15,23H,2-4,7-8H2,1H3,(H,22,24);4-5,8-12,14,22H,2-3,6-7H2,1H3,(H,21,23). The van der Waals surface area contributed by atoms with Crippen LogP contribution in [0.4, 0.5) is 17.1 Å². The van der Waals surface area contributed by atoms with Crippen LogP contribution in [-0.2, 0) is 30.6 Å². The summed E-state index contributed by atoms with van der Waals surface area (Å²) in [5.41, 5.74) is 10.5. The second-order valence-electron chi connectivity index (χ2n) is 21.5. The minimum atomic E-state index is -0.677. The van der Waals surface area contributed by atoms with Gasteiger partial charge in [0.15, 0.2) is 0 Å². The Morgan fingerprint density at radius 3 is 1.04 bits per heavy atom. The zero-order chi connectivity index (χ0) is 51.1. The van der Waals surface area contributed by atoms with Crippen molar-refractivity contribution in [3.8, 4) is 17.2 Å². The fourth-order valence-electron chi connectivity index (χ4n) is 14.0. The number of fused-ring (bicyclic) bond motifs is 3. The molecule has 3 saturated carbocycles. The van der Waals surface area contributed by atoms with Crippen molar-refractivity contribution < 1.29 is 29.7 Å². The molecular formula is C63H68BrN3O6. The molecule has 3 fully saturated rings. The highest BCUT2D eigenvalue weighted by Crippen LogP contribution is 2.56. The van der Waals surface area contributed by atoms with Gasteiger partial charge in [-0.2, -0.15) is 0 Å². The molecule has 0 aromatic heterocycles. The maximum absolute atomic E-state index is 13.5. The summed E-state index contributed by atoms with van der Waals surface area (Å²) in [6, 6.07) is 38.2. The normalized spacial score (nSPS) is 23.6. The minimum Gasteiger partial charge on any atom is -0.508 e. The first kappa shape index (κ1) is 50.2. The van der Waals surface area contributed by atoms with Crippen LogP contribution in [0.25, 0.3) is 0 Å². The third-order valence-corrected chi connectivity index (χ3v) is 18.6. The summed E-state index contributed by atoms with van der Waals surface area (Å²) in [6.07, 6.45) is 17.2. The zero-order valence-corrected chi connectivity index (χ0v) is 43.9. The van der Waals surface area contributed by atoms with Gasteiger partial charge in [0.25, 0.3) is 0 Å². The average Bonchev–Trinajstić information content (AvgIpc) is 4.13. The van der Waals surface area contributed by atoms with Crippen LogP contribution < -0.4 is 16.0 Å². The Labute approximate surface area is 438 Å². The number of aromatic hydroxyl groups is 3. The Hall–Kier alpha value is -6.39. The number of hydrogen-bond acceptors (Lipinski definition) is 6. The summed E-state index contributed by atoms with van der Waals surface area (Å²) in [5.74, 6) is 1.83. The van der Waals surface area contributed by atoms with Gasteiger partial charge in [0.05, 0.1) is 5.69 Å². The predicted molar refractivity (Wildman–Crippen MR) is 294 cm³/mol. The third kappa shape index (κ3) is 8.51. The van der Waals surface area contributed by atoms with E-state index in [4.69, 9.17) is 0 Å². The number of amides is 3. The Morgan fingerprint density at radius 2 is 0.685 bits per heavy atom. The number of hydrogen-bond donors (Lipinski definition) is 6. The van der Waals surface area contributed by atoms with Crippen LogP contribution in [0.2, 0.25) is 0 Å². The smallest absolute Gasteiger partial charge is 0.239 e. The molecule has 3 heterocycles. The lowest BCUT2D eigenvalue weighted by Crippen LogP contribution is -2.43. The molecule has 9 nitrogen and oxygen atoms in total. The van der Waals surface area contributed by atoms with Gasteiger partial charge in [-0.25, -0.2) is 0 Å². The number of carbonyl (C=O) groups excluding carboxylic acids is 3. The van der Waals surface area contributed by atoms with Crippen molar-refractivity contribution in [1.82, 2.24) is 0 Å². The molecule has 73 heavy (non-hydrogen) atoms. The number of phenolic OH excluding ortho intramolecular Hbond substituents is 3. The Balaban J connectivity index is 0.000000126. The molecule has 10 heteroatoms. The predicted octanol–water partition coefficient (Wildman–Crippen LogP) is 14.3. The highest BCUT2D eigenvalue weighted by molar-refractivity contribution is 9.10. The van der Waals surface area contributed by atoms with Crippen molar-refractivity contribution in [2.75, 3.05) is 16.0 Å². The van der Waals surface area contributed by atoms with E-state index in [2.05, 4.69) is 56.1 Å². The van der Waals surface area contributed by atoms with Gasteiger partial charge < -0.3 is 31.3 Å². The fourth-order valence-corrected chi connectivity index (χ4v) is 14.5. The van der Waals surface area contributed by atoms with Gasteiger partial charge in [-0.15, -0.1) is 0 Å². The molecule has 3 aliphatic carbocycles. The molecule has 0 radical (unpaired) electrons. The molecule has 0 spiro atoms. The highest BCUT2D eigenvalue weighted by atomic mass is 79.9. The largest absolute Gasteiger partial charge is 0.508 e. The topological polar surface area (TPSA) is 148 Å². The number of phenols is 3. The van der Waals surface area contributed by atoms with Crippen molar-refractivity contribution in [2.24, 2.45) is 17.8 Å². The maximum atomic E-state index is 13.5. The molecule has 12 rings (SSSR count). The van der Waals surface area contributed by atoms with Crippen molar-refractivity contribution >= 4 is 50.7 Å². The number of benzene rings is 6. The Morgan fingerprint density at radius 1 is 0.384 bits per heavy atom. The van der Waals surface area contributed by atoms with Crippen LogP contribution in [0.1, 0.15) is 146 Å². The van der Waals surface area contributed by atoms with Crippen LogP contribution in [0.15, 0.2) is 126 Å². The van der Waals surface area contributed by atoms with E-state index in [1.54, 1.807) is 36.4 Å². The van der Waals surface area contributed by atoms with Crippen molar-refractivity contribution in [3.63, 3.8) is 0 Å². The summed E-state index contributed by atoms with van der Waals surface area (Å²) in [4.78, 5) is 40.0. The zero-order valence-electron chi connectivity index (χ0n) is 42.3. The molecular weight excluding hydrogens is 975 g/mol. The molecule has 0 bridgehead atoms. The SMILES string of the molecule is Cc1ccc2c(c1Br)NC(=O)C2(c1ccc(O)cc1)C1CCCCCC1.Cc1cccc2c1NC(=O)C2(c1ccc(O)cc1)C1CCCC1.Cc1cccc2c1NC(=O)C2(c1ccc(O)cc1)C1CCCCC1. The molecule has 6 aromatic carbocycles. The molecule has 3 amide bonds. The molecule has 0 saturated heterocycles. The molecule has 3 aliphatic heterocycles. The summed E-state index contributed by atoms with van der Waals surface area (Å²) in [7, 11) is 0. The van der Waals surface area contributed by atoms with Gasteiger partial charge in [-0.05, 0) is 179 Å². The van der Waals surface area contributed by atoms with Crippen molar-refractivity contribution in [2.45, 2.75) is 133 Å². The van der Waals surface area contributed by atoms with Crippen LogP contribution in [-0.4, -0.2) is 33.0 Å². The van der Waals surface area contributed by atoms with Crippen LogP contribution in [0.3, 0.4) is 0 Å². The van der Waals surface area contributed by atoms with E-state index in [0.717, 1.165) is 110 Å². The number of carbonyl (C=O) groups is 3. The second kappa shape index (κ2) is 20.5. The summed E-state index contributed by atoms with van der Waals surface area (Å²) < 4.78 is 0.970. The van der Waals surface area contributed by atoms with Gasteiger partial charge in [-0.3, -0.25) is 14.4 Å². The molecule has 378 valence electrons. The van der Waals surface area contributed by atoms with E-state index in [0.29, 0.717) is 11.8 Å². The summed E-state index contributed by atoms with van der Waals surface area (Å²) in [5, 5.41) is 38.6. The molecule has 3 atom stereocenters. The van der Waals surface area contributed by atoms with Gasteiger partial charge in [0.2, 0.25) is 17.7 Å². The van der Waals surface area contributed by atoms with E-state index in [1.807, 2.05) is 81.4 Å². The van der Waals surface area contributed by atoms with Gasteiger partial charge >= 0.3 is 0 Å². The first-order chi connectivity index (χ1) is 35.3. The number of aryl methyl sites for hydroxylation is 3. The first-order valence-corrected chi connectivity index (χ1v) is 27.4. The Bertz CT molecular complexity index is 3030. The third-order valence-electron chi connectivity index (χ3n) is 17.6. The van der Waals surface area contributed by atoms with Gasteiger partial charge in [0.1, 0.15) is 33.5 Å². The van der Waals surface area contributed by atoms with Crippen LogP contribution in [0, 0.1) is 38.5 Å². The number of para-hydroxylation sites is 2. The van der Waals surface area contributed by atoms with E-state index in [-0.39, 0.29) is 40.9 Å². The Kier molecular flexibility index (Phi) is 14.1. The van der Waals surface area contributed by atoms with Crippen molar-refractivity contribution in [3.05, 3.63) is 176 Å². The molecule has 6 aliphatic rings. The quantitative estimate of drug-likeness (QED) is 0.0916. The fraction of sp³-hybridized carbons (Fsp3) is 0.381. The van der Waals surface area contributed by atoms with E-state index in [1.165, 1.54) is 57.8 Å². The van der Waals surface area contributed by atoms with Crippen molar-refractivity contribution in [1.29, 1.82) is 0 Å².